The van der Waals surface area contributed by atoms with Gasteiger partial charge in [0.1, 0.15) is 0 Å². The van der Waals surface area contributed by atoms with Gasteiger partial charge in [-0.05, 0) is 75.5 Å². The van der Waals surface area contributed by atoms with Gasteiger partial charge in [0.2, 0.25) is 5.91 Å². The van der Waals surface area contributed by atoms with E-state index in [0.717, 1.165) is 28.3 Å². The summed E-state index contributed by atoms with van der Waals surface area (Å²) < 4.78 is 40.8. The molecular weight excluding hydrogens is 499 g/mol. The van der Waals surface area contributed by atoms with Gasteiger partial charge in [0.15, 0.2) is 0 Å². The molecule has 1 aliphatic heterocycles. The molecule has 1 amide bonds. The number of nitriles is 1. The lowest BCUT2D eigenvalue weighted by Crippen LogP contribution is -2.43. The summed E-state index contributed by atoms with van der Waals surface area (Å²) in [4.78, 5) is 15.5. The number of nitrogens with zero attached hydrogens (tertiary/aromatic N) is 2. The van der Waals surface area contributed by atoms with Gasteiger partial charge in [-0.2, -0.15) is 18.4 Å². The third-order valence-electron chi connectivity index (χ3n) is 7.71. The zero-order valence-electron chi connectivity index (χ0n) is 22.4. The Labute approximate surface area is 228 Å². The molecule has 39 heavy (non-hydrogen) atoms. The Kier molecular flexibility index (Phi) is 8.76. The highest BCUT2D eigenvalue weighted by Crippen LogP contribution is 2.42. The second-order valence-corrected chi connectivity index (χ2v) is 10.5. The van der Waals surface area contributed by atoms with E-state index in [1.54, 1.807) is 6.07 Å². The molecule has 0 spiro atoms. The van der Waals surface area contributed by atoms with Crippen molar-refractivity contribution < 1.29 is 18.0 Å². The van der Waals surface area contributed by atoms with Crippen LogP contribution >= 0.6 is 0 Å². The van der Waals surface area contributed by atoms with Gasteiger partial charge in [0.25, 0.3) is 0 Å². The summed E-state index contributed by atoms with van der Waals surface area (Å²) in [7, 11) is 0. The number of nitrogens with one attached hydrogen (secondary N) is 1. The molecule has 3 aromatic rings. The van der Waals surface area contributed by atoms with Gasteiger partial charge < -0.3 is 10.2 Å². The van der Waals surface area contributed by atoms with Gasteiger partial charge in [-0.3, -0.25) is 4.79 Å². The number of likely N-dealkylation sites (tertiary alicyclic amines) is 1. The van der Waals surface area contributed by atoms with E-state index >= 15 is 0 Å². The van der Waals surface area contributed by atoms with Gasteiger partial charge in [-0.25, -0.2) is 0 Å². The molecule has 204 valence electrons. The SMILES string of the molecule is Cc1ccc(C(C(=O)NCCCN2CCC(C#N)(c3ccccc3C(F)(F)F)CC2)c2ccc(C)cc2)cc1. The van der Waals surface area contributed by atoms with Gasteiger partial charge in [-0.15, -0.1) is 0 Å². The molecule has 1 fully saturated rings. The molecule has 0 aromatic heterocycles. The van der Waals surface area contributed by atoms with Crippen molar-refractivity contribution in [2.24, 2.45) is 0 Å². The Hall–Kier alpha value is -3.63. The summed E-state index contributed by atoms with van der Waals surface area (Å²) in [6.45, 7) is 6.28. The van der Waals surface area contributed by atoms with E-state index in [4.69, 9.17) is 0 Å². The molecule has 0 aliphatic carbocycles. The first-order valence-corrected chi connectivity index (χ1v) is 13.3. The largest absolute Gasteiger partial charge is 0.416 e. The highest BCUT2D eigenvalue weighted by molar-refractivity contribution is 5.87. The number of aryl methyl sites for hydroxylation is 2. The fourth-order valence-corrected chi connectivity index (χ4v) is 5.38. The monoisotopic (exact) mass is 533 g/mol. The Morgan fingerprint density at radius 2 is 1.49 bits per heavy atom. The molecule has 1 N–H and O–H groups in total. The van der Waals surface area contributed by atoms with Gasteiger partial charge in [0.05, 0.1) is 23.0 Å². The molecule has 3 aromatic carbocycles. The average molecular weight is 534 g/mol. The lowest BCUT2D eigenvalue weighted by Gasteiger charge is -2.38. The first kappa shape index (κ1) is 28.4. The number of hydrogen-bond donors (Lipinski definition) is 1. The van der Waals surface area contributed by atoms with E-state index in [1.807, 2.05) is 62.4 Å². The third kappa shape index (κ3) is 6.69. The first-order valence-electron chi connectivity index (χ1n) is 13.3. The van der Waals surface area contributed by atoms with Crippen molar-refractivity contribution in [1.29, 1.82) is 5.26 Å². The number of hydrogen-bond acceptors (Lipinski definition) is 3. The fraction of sp³-hybridized carbons (Fsp3) is 0.375. The number of benzene rings is 3. The van der Waals surface area contributed by atoms with Crippen LogP contribution in [0.3, 0.4) is 0 Å². The van der Waals surface area contributed by atoms with Gasteiger partial charge in [-0.1, -0.05) is 77.9 Å². The number of alkyl halides is 3. The molecule has 1 heterocycles. The molecule has 0 unspecified atom stereocenters. The molecule has 0 bridgehead atoms. The smallest absolute Gasteiger partial charge is 0.355 e. The molecule has 1 saturated heterocycles. The molecule has 7 heteroatoms. The highest BCUT2D eigenvalue weighted by Gasteiger charge is 2.43. The number of piperidine rings is 1. The van der Waals surface area contributed by atoms with E-state index in [2.05, 4.69) is 16.3 Å². The van der Waals surface area contributed by atoms with Crippen molar-refractivity contribution in [3.63, 3.8) is 0 Å². The summed E-state index contributed by atoms with van der Waals surface area (Å²) in [6.07, 6.45) is -3.11. The molecule has 4 rings (SSSR count). The number of amides is 1. The minimum atomic E-state index is -4.50. The number of carbonyl (C=O) groups excluding carboxylic acids is 1. The maximum Gasteiger partial charge on any atom is 0.416 e. The summed E-state index contributed by atoms with van der Waals surface area (Å²) in [6, 6.07) is 23.6. The molecule has 1 aliphatic rings. The summed E-state index contributed by atoms with van der Waals surface area (Å²) >= 11 is 0. The predicted octanol–water partition coefficient (Wildman–Crippen LogP) is 6.52. The third-order valence-corrected chi connectivity index (χ3v) is 7.71. The van der Waals surface area contributed by atoms with E-state index in [9.17, 15) is 23.2 Å². The Balaban J connectivity index is 1.34. The number of carbonyl (C=O) groups is 1. The Morgan fingerprint density at radius 1 is 0.949 bits per heavy atom. The molecular formula is C32H34F3N3O. The number of rotatable bonds is 8. The standard InChI is InChI=1S/C32H34F3N3O/c1-23-8-12-25(13-9-23)29(26-14-10-24(2)11-15-26)30(39)37-18-5-19-38-20-16-31(22-36,17-21-38)27-6-3-4-7-28(27)32(33,34)35/h3-4,6-15,29H,5,16-21H2,1-2H3,(H,37,39). The predicted molar refractivity (Wildman–Crippen MR) is 146 cm³/mol. The van der Waals surface area contributed by atoms with Crippen LogP contribution in [0.15, 0.2) is 72.8 Å². The van der Waals surface area contributed by atoms with Crippen molar-refractivity contribution in [3.05, 3.63) is 106 Å². The minimum Gasteiger partial charge on any atom is -0.355 e. The van der Waals surface area contributed by atoms with Crippen LogP contribution in [0.2, 0.25) is 0 Å². The van der Waals surface area contributed by atoms with E-state index < -0.39 is 23.1 Å². The van der Waals surface area contributed by atoms with Crippen LogP contribution in [0.4, 0.5) is 13.2 Å². The van der Waals surface area contributed by atoms with Crippen LogP contribution in [-0.4, -0.2) is 37.0 Å². The maximum atomic E-state index is 13.6. The lowest BCUT2D eigenvalue weighted by molar-refractivity contribution is -0.138. The van der Waals surface area contributed by atoms with Crippen molar-refractivity contribution in [2.75, 3.05) is 26.2 Å². The summed E-state index contributed by atoms with van der Waals surface area (Å²) in [5.74, 6) is -0.472. The lowest BCUT2D eigenvalue weighted by atomic mass is 9.72. The van der Waals surface area contributed by atoms with Crippen molar-refractivity contribution >= 4 is 5.91 Å². The van der Waals surface area contributed by atoms with Crippen LogP contribution in [0.1, 0.15) is 58.6 Å². The van der Waals surface area contributed by atoms with Crippen LogP contribution < -0.4 is 5.32 Å². The van der Waals surface area contributed by atoms with Crippen molar-refractivity contribution in [2.45, 2.75) is 50.6 Å². The quantitative estimate of drug-likeness (QED) is 0.336. The molecule has 0 saturated carbocycles. The summed E-state index contributed by atoms with van der Waals surface area (Å²) in [5, 5.41) is 13.0. The maximum absolute atomic E-state index is 13.6. The minimum absolute atomic E-state index is 0.0615. The zero-order chi connectivity index (χ0) is 28.0. The first-order chi connectivity index (χ1) is 18.6. The van der Waals surface area contributed by atoms with Crippen molar-refractivity contribution in [1.82, 2.24) is 10.2 Å². The number of halogens is 3. The topological polar surface area (TPSA) is 56.1 Å². The Morgan fingerprint density at radius 3 is 2.00 bits per heavy atom. The second-order valence-electron chi connectivity index (χ2n) is 10.5. The van der Waals surface area contributed by atoms with E-state index in [1.165, 1.54) is 12.1 Å². The average Bonchev–Trinajstić information content (AvgIpc) is 2.93. The Bertz CT molecular complexity index is 1260. The fourth-order valence-electron chi connectivity index (χ4n) is 5.38. The zero-order valence-corrected chi connectivity index (χ0v) is 22.4. The van der Waals surface area contributed by atoms with Gasteiger partial charge >= 0.3 is 6.18 Å². The summed E-state index contributed by atoms with van der Waals surface area (Å²) in [5.41, 5.74) is 2.34. The van der Waals surface area contributed by atoms with E-state index in [-0.39, 0.29) is 11.5 Å². The van der Waals surface area contributed by atoms with E-state index in [0.29, 0.717) is 45.4 Å². The highest BCUT2D eigenvalue weighted by atomic mass is 19.4. The van der Waals surface area contributed by atoms with Crippen LogP contribution in [0.25, 0.3) is 0 Å². The van der Waals surface area contributed by atoms with Crippen LogP contribution in [0, 0.1) is 25.2 Å². The van der Waals surface area contributed by atoms with Gasteiger partial charge in [0, 0.05) is 6.54 Å². The van der Waals surface area contributed by atoms with Crippen LogP contribution in [0.5, 0.6) is 0 Å². The normalized spacial score (nSPS) is 15.6. The molecule has 0 atom stereocenters. The van der Waals surface area contributed by atoms with Crippen LogP contribution in [-0.2, 0) is 16.4 Å². The second kappa shape index (κ2) is 12.0. The van der Waals surface area contributed by atoms with Crippen molar-refractivity contribution in [3.8, 4) is 6.07 Å². The molecule has 4 nitrogen and oxygen atoms in total. The molecule has 0 radical (unpaired) electrons.